The Morgan fingerprint density at radius 1 is 0.407 bits per heavy atom. The molecule has 1 nitrogen and oxygen atoms in total. The first-order valence-electron chi connectivity index (χ1n) is 21.1. The SMILES string of the molecule is CCCCCCn1c2ccc(-c3cccc4c3C(c3ccccc3Br)c3ccccc3-4)cc2c2cc(-c3cccc4c3C(c3ccccc3Br)c3ccccc3-4)ccc21. The predicted octanol–water partition coefficient (Wildman–Crippen LogP) is 16.6. The molecule has 0 amide bonds. The minimum atomic E-state index is 0.136. The number of hydrogen-bond donors (Lipinski definition) is 0. The van der Waals surface area contributed by atoms with Gasteiger partial charge in [0.2, 0.25) is 0 Å². The van der Waals surface area contributed by atoms with E-state index in [-0.39, 0.29) is 11.8 Å². The predicted molar refractivity (Wildman–Crippen MR) is 256 cm³/mol. The van der Waals surface area contributed by atoms with Gasteiger partial charge in [0.15, 0.2) is 0 Å². The van der Waals surface area contributed by atoms with Crippen LogP contribution in [0.15, 0.2) is 179 Å². The van der Waals surface area contributed by atoms with Gasteiger partial charge in [-0.3, -0.25) is 0 Å². The molecular weight excluding hydrogens is 846 g/mol. The van der Waals surface area contributed by atoms with E-state index in [2.05, 4.69) is 213 Å². The summed E-state index contributed by atoms with van der Waals surface area (Å²) < 4.78 is 4.89. The van der Waals surface area contributed by atoms with Gasteiger partial charge in [0.25, 0.3) is 0 Å². The number of hydrogen-bond acceptors (Lipinski definition) is 0. The Morgan fingerprint density at radius 3 is 1.31 bits per heavy atom. The van der Waals surface area contributed by atoms with Gasteiger partial charge in [-0.15, -0.1) is 0 Å². The Bertz CT molecular complexity index is 2890. The number of rotatable bonds is 9. The Hall–Kier alpha value is -5.48. The summed E-state index contributed by atoms with van der Waals surface area (Å²) >= 11 is 7.90. The zero-order valence-electron chi connectivity index (χ0n) is 33.1. The number of unbranched alkanes of at least 4 members (excludes halogenated alkanes) is 3. The second-order valence-electron chi connectivity index (χ2n) is 16.3. The monoisotopic (exact) mass is 887 g/mol. The number of nitrogens with zero attached hydrogens (tertiary/aromatic N) is 1. The fraction of sp³-hybridized carbons (Fsp3) is 0.143. The molecule has 0 radical (unpaired) electrons. The molecule has 11 rings (SSSR count). The Balaban J connectivity index is 1.11. The van der Waals surface area contributed by atoms with Gasteiger partial charge in [-0.2, -0.15) is 0 Å². The molecule has 2 atom stereocenters. The highest BCUT2D eigenvalue weighted by atomic mass is 79.9. The molecule has 0 aliphatic heterocycles. The van der Waals surface area contributed by atoms with Crippen molar-refractivity contribution in [3.63, 3.8) is 0 Å². The first kappa shape index (κ1) is 36.6. The zero-order valence-corrected chi connectivity index (χ0v) is 36.2. The van der Waals surface area contributed by atoms with Crippen LogP contribution < -0.4 is 0 Å². The average molecular weight is 890 g/mol. The zero-order chi connectivity index (χ0) is 39.6. The van der Waals surface area contributed by atoms with Crippen molar-refractivity contribution in [1.29, 1.82) is 0 Å². The Morgan fingerprint density at radius 2 is 0.831 bits per heavy atom. The van der Waals surface area contributed by atoms with Crippen molar-refractivity contribution >= 4 is 53.7 Å². The molecule has 0 bridgehead atoms. The average Bonchev–Trinajstić information content (AvgIpc) is 3.91. The summed E-state index contributed by atoms with van der Waals surface area (Å²) in [6.07, 6.45) is 4.92. The minimum absolute atomic E-state index is 0.136. The highest BCUT2D eigenvalue weighted by Gasteiger charge is 2.35. The van der Waals surface area contributed by atoms with Crippen molar-refractivity contribution in [1.82, 2.24) is 4.57 Å². The van der Waals surface area contributed by atoms with E-state index in [0.29, 0.717) is 0 Å². The quantitative estimate of drug-likeness (QED) is 0.127. The van der Waals surface area contributed by atoms with Crippen LogP contribution in [0.5, 0.6) is 0 Å². The Labute approximate surface area is 363 Å². The van der Waals surface area contributed by atoms with Crippen LogP contribution >= 0.6 is 31.9 Å². The van der Waals surface area contributed by atoms with E-state index in [0.717, 1.165) is 15.5 Å². The largest absolute Gasteiger partial charge is 0.340 e. The molecule has 2 unspecified atom stereocenters. The topological polar surface area (TPSA) is 4.93 Å². The van der Waals surface area contributed by atoms with Crippen LogP contribution in [-0.2, 0) is 6.54 Å². The molecule has 2 aliphatic carbocycles. The van der Waals surface area contributed by atoms with Gasteiger partial charge in [-0.25, -0.2) is 0 Å². The summed E-state index contributed by atoms with van der Waals surface area (Å²) in [5.74, 6) is 0.272. The number of benzene rings is 8. The maximum atomic E-state index is 3.95. The molecule has 3 heteroatoms. The molecule has 0 fully saturated rings. The van der Waals surface area contributed by atoms with E-state index in [4.69, 9.17) is 0 Å². The van der Waals surface area contributed by atoms with E-state index < -0.39 is 0 Å². The van der Waals surface area contributed by atoms with Crippen LogP contribution in [0.1, 0.15) is 77.8 Å². The molecule has 0 spiro atoms. The lowest BCUT2D eigenvalue weighted by Crippen LogP contribution is -2.02. The van der Waals surface area contributed by atoms with Crippen molar-refractivity contribution < 1.29 is 0 Å². The first-order chi connectivity index (χ1) is 29.1. The van der Waals surface area contributed by atoms with Gasteiger partial charge in [0, 0.05) is 49.1 Å². The van der Waals surface area contributed by atoms with Gasteiger partial charge in [0.1, 0.15) is 0 Å². The third kappa shape index (κ3) is 5.92. The maximum absolute atomic E-state index is 3.95. The molecule has 1 heterocycles. The fourth-order valence-corrected chi connectivity index (χ4v) is 11.5. The van der Waals surface area contributed by atoms with Crippen molar-refractivity contribution in [2.45, 2.75) is 51.0 Å². The molecule has 286 valence electrons. The summed E-state index contributed by atoms with van der Waals surface area (Å²) in [4.78, 5) is 0. The molecule has 9 aromatic rings. The van der Waals surface area contributed by atoms with Crippen LogP contribution in [0, 0.1) is 0 Å². The van der Waals surface area contributed by atoms with E-state index in [9.17, 15) is 0 Å². The van der Waals surface area contributed by atoms with Crippen LogP contribution in [0.3, 0.4) is 0 Å². The second-order valence-corrected chi connectivity index (χ2v) is 18.0. The number of aryl methyl sites for hydroxylation is 1. The lowest BCUT2D eigenvalue weighted by Gasteiger charge is -2.20. The van der Waals surface area contributed by atoms with E-state index in [1.165, 1.54) is 125 Å². The maximum Gasteiger partial charge on any atom is 0.0491 e. The van der Waals surface area contributed by atoms with Crippen LogP contribution in [0.25, 0.3) is 66.3 Å². The summed E-state index contributed by atoms with van der Waals surface area (Å²) in [5, 5.41) is 2.64. The molecular formula is C56H43Br2N. The molecule has 0 saturated carbocycles. The van der Waals surface area contributed by atoms with E-state index in [1.54, 1.807) is 0 Å². The van der Waals surface area contributed by atoms with Crippen LogP contribution in [0.2, 0.25) is 0 Å². The third-order valence-electron chi connectivity index (χ3n) is 13.1. The van der Waals surface area contributed by atoms with Crippen molar-refractivity contribution in [2.75, 3.05) is 0 Å². The Kier molecular flexibility index (Phi) is 9.28. The van der Waals surface area contributed by atoms with Gasteiger partial charge in [0.05, 0.1) is 0 Å². The van der Waals surface area contributed by atoms with Gasteiger partial charge in [-0.05, 0) is 121 Å². The lowest BCUT2D eigenvalue weighted by molar-refractivity contribution is 0.602. The van der Waals surface area contributed by atoms with Crippen molar-refractivity contribution in [3.8, 4) is 44.5 Å². The second kappa shape index (κ2) is 15.0. The normalized spacial score (nSPS) is 15.0. The summed E-state index contributed by atoms with van der Waals surface area (Å²) in [6.45, 7) is 3.31. The first-order valence-corrected chi connectivity index (χ1v) is 22.7. The van der Waals surface area contributed by atoms with Gasteiger partial charge >= 0.3 is 0 Å². The number of halogens is 2. The van der Waals surface area contributed by atoms with Gasteiger partial charge in [-0.1, -0.05) is 192 Å². The van der Waals surface area contributed by atoms with E-state index in [1.807, 2.05) is 0 Å². The lowest BCUT2D eigenvalue weighted by atomic mass is 9.84. The molecule has 8 aromatic carbocycles. The fourth-order valence-electron chi connectivity index (χ4n) is 10.5. The van der Waals surface area contributed by atoms with Crippen molar-refractivity contribution in [3.05, 3.63) is 212 Å². The number of fused-ring (bicyclic) bond motifs is 9. The summed E-state index contributed by atoms with van der Waals surface area (Å²) in [5.41, 5.74) is 21.2. The third-order valence-corrected chi connectivity index (χ3v) is 14.5. The van der Waals surface area contributed by atoms with E-state index >= 15 is 0 Å². The minimum Gasteiger partial charge on any atom is -0.340 e. The molecule has 0 saturated heterocycles. The van der Waals surface area contributed by atoms with Crippen LogP contribution in [0.4, 0.5) is 0 Å². The van der Waals surface area contributed by atoms with Crippen molar-refractivity contribution in [2.24, 2.45) is 0 Å². The molecule has 0 N–H and O–H groups in total. The highest BCUT2D eigenvalue weighted by molar-refractivity contribution is 9.10. The summed E-state index contributed by atoms with van der Waals surface area (Å²) in [7, 11) is 0. The highest BCUT2D eigenvalue weighted by Crippen LogP contribution is 2.55. The van der Waals surface area contributed by atoms with Crippen LogP contribution in [-0.4, -0.2) is 4.57 Å². The summed E-state index contributed by atoms with van der Waals surface area (Å²) in [6, 6.07) is 63.9. The molecule has 2 aliphatic rings. The van der Waals surface area contributed by atoms with Gasteiger partial charge < -0.3 is 4.57 Å². The molecule has 59 heavy (non-hydrogen) atoms. The molecule has 1 aromatic heterocycles. The number of aromatic nitrogens is 1. The standard InChI is InChI=1S/C56H43Br2N/c1-2-3-4-13-32-59-51-30-28-35(37-22-14-24-43-39-16-5-7-18-41(39)55(53(37)43)45-20-9-11-26-49(45)57)33-47(51)48-34-36(29-31-52(48)59)38-23-15-25-44-40-17-6-8-19-42(40)56(54(38)44)46-21-10-12-27-50(46)58/h5-12,14-31,33-34,55-56H,2-4,13,32H2,1H3. The smallest absolute Gasteiger partial charge is 0.0491 e.